The van der Waals surface area contributed by atoms with Crippen molar-refractivity contribution >= 4 is 17.8 Å². The Morgan fingerprint density at radius 1 is 0.929 bits per heavy atom. The molecule has 1 amide bonds. The SMILES string of the molecule is O=C(O)CCCCCOC(=O)[C@@H](Cc1ccccc1)NC(=O)CCCCCO. The quantitative estimate of drug-likeness (QED) is 0.312. The fraction of sp³-hybridized carbons (Fsp3) is 0.571. The molecule has 7 nitrogen and oxygen atoms in total. The monoisotopic (exact) mass is 393 g/mol. The molecule has 0 fully saturated rings. The Morgan fingerprint density at radius 3 is 2.29 bits per heavy atom. The summed E-state index contributed by atoms with van der Waals surface area (Å²) in [5.74, 6) is -1.52. The first-order chi connectivity index (χ1) is 13.5. The molecule has 7 heteroatoms. The summed E-state index contributed by atoms with van der Waals surface area (Å²) >= 11 is 0. The zero-order valence-corrected chi connectivity index (χ0v) is 16.3. The molecule has 0 aliphatic rings. The van der Waals surface area contributed by atoms with Crippen LogP contribution >= 0.6 is 0 Å². The van der Waals surface area contributed by atoms with Gasteiger partial charge in [0.15, 0.2) is 0 Å². The van der Waals surface area contributed by atoms with Crippen molar-refractivity contribution in [2.24, 2.45) is 0 Å². The van der Waals surface area contributed by atoms with Gasteiger partial charge < -0.3 is 20.3 Å². The van der Waals surface area contributed by atoms with Crippen LogP contribution in [0.1, 0.15) is 56.9 Å². The van der Waals surface area contributed by atoms with E-state index in [1.807, 2.05) is 30.3 Å². The lowest BCUT2D eigenvalue weighted by Crippen LogP contribution is -2.43. The van der Waals surface area contributed by atoms with Crippen LogP contribution in [0.3, 0.4) is 0 Å². The summed E-state index contributed by atoms with van der Waals surface area (Å²) in [5.41, 5.74) is 0.923. The van der Waals surface area contributed by atoms with Gasteiger partial charge in [-0.3, -0.25) is 9.59 Å². The highest BCUT2D eigenvalue weighted by molar-refractivity contribution is 5.84. The molecular weight excluding hydrogens is 362 g/mol. The smallest absolute Gasteiger partial charge is 0.328 e. The zero-order valence-electron chi connectivity index (χ0n) is 16.3. The first-order valence-corrected chi connectivity index (χ1v) is 9.85. The van der Waals surface area contributed by atoms with Crippen molar-refractivity contribution in [2.45, 2.75) is 63.8 Å². The molecule has 28 heavy (non-hydrogen) atoms. The summed E-state index contributed by atoms with van der Waals surface area (Å²) in [4.78, 5) is 35.1. The minimum Gasteiger partial charge on any atom is -0.481 e. The molecule has 0 aliphatic heterocycles. The predicted octanol–water partition coefficient (Wildman–Crippen LogP) is 2.45. The molecule has 0 spiro atoms. The summed E-state index contributed by atoms with van der Waals surface area (Å²) in [7, 11) is 0. The number of aliphatic carboxylic acids is 1. The van der Waals surface area contributed by atoms with Crippen LogP contribution in [-0.2, 0) is 25.5 Å². The number of hydrogen-bond acceptors (Lipinski definition) is 5. The van der Waals surface area contributed by atoms with E-state index in [2.05, 4.69) is 5.32 Å². The number of rotatable bonds is 15. The summed E-state index contributed by atoms with van der Waals surface area (Å²) in [6.07, 6.45) is 4.63. The molecule has 1 aromatic carbocycles. The number of hydrogen-bond donors (Lipinski definition) is 3. The average Bonchev–Trinajstić information content (AvgIpc) is 2.68. The molecular formula is C21H31NO6. The van der Waals surface area contributed by atoms with Gasteiger partial charge in [0.1, 0.15) is 6.04 Å². The van der Waals surface area contributed by atoms with Crippen LogP contribution in [0.25, 0.3) is 0 Å². The predicted molar refractivity (Wildman–Crippen MR) is 105 cm³/mol. The van der Waals surface area contributed by atoms with Gasteiger partial charge in [-0.1, -0.05) is 36.8 Å². The van der Waals surface area contributed by atoms with Crippen LogP contribution in [0.5, 0.6) is 0 Å². The molecule has 1 aromatic rings. The van der Waals surface area contributed by atoms with Crippen LogP contribution < -0.4 is 5.32 Å². The second-order valence-corrected chi connectivity index (χ2v) is 6.72. The third-order valence-electron chi connectivity index (χ3n) is 4.24. The fourth-order valence-electron chi connectivity index (χ4n) is 2.71. The van der Waals surface area contributed by atoms with Crippen molar-refractivity contribution in [3.8, 4) is 0 Å². The van der Waals surface area contributed by atoms with E-state index in [9.17, 15) is 14.4 Å². The maximum absolute atomic E-state index is 12.4. The second kappa shape index (κ2) is 14.6. The van der Waals surface area contributed by atoms with Gasteiger partial charge in [0, 0.05) is 25.9 Å². The van der Waals surface area contributed by atoms with E-state index in [4.69, 9.17) is 14.9 Å². The van der Waals surface area contributed by atoms with Crippen LogP contribution in [0.15, 0.2) is 30.3 Å². The number of unbranched alkanes of at least 4 members (excludes halogenated alkanes) is 4. The van der Waals surface area contributed by atoms with Gasteiger partial charge in [0.2, 0.25) is 5.91 Å². The highest BCUT2D eigenvalue weighted by Gasteiger charge is 2.22. The van der Waals surface area contributed by atoms with E-state index >= 15 is 0 Å². The Bertz CT molecular complexity index is 590. The normalized spacial score (nSPS) is 11.6. The lowest BCUT2D eigenvalue weighted by Gasteiger charge is -2.18. The molecule has 3 N–H and O–H groups in total. The van der Waals surface area contributed by atoms with Crippen LogP contribution in [0.4, 0.5) is 0 Å². The number of benzene rings is 1. The lowest BCUT2D eigenvalue weighted by atomic mass is 10.1. The molecule has 0 unspecified atom stereocenters. The number of carboxylic acid groups (broad SMARTS) is 1. The summed E-state index contributed by atoms with van der Waals surface area (Å²) in [6, 6.07) is 8.65. The topological polar surface area (TPSA) is 113 Å². The Hall–Kier alpha value is -2.41. The first-order valence-electron chi connectivity index (χ1n) is 9.85. The highest BCUT2D eigenvalue weighted by atomic mass is 16.5. The maximum Gasteiger partial charge on any atom is 0.328 e. The number of esters is 1. The lowest BCUT2D eigenvalue weighted by molar-refractivity contribution is -0.148. The standard InChI is InChI=1S/C21H31NO6/c23-14-8-2-6-12-19(24)22-18(16-17-10-4-1-5-11-17)21(27)28-15-9-3-7-13-20(25)26/h1,4-5,10-11,18,23H,2-3,6-9,12-16H2,(H,22,24)(H,25,26)/t18-/m1/s1. The molecule has 1 atom stereocenters. The van der Waals surface area contributed by atoms with Gasteiger partial charge in [0.05, 0.1) is 6.61 Å². The summed E-state index contributed by atoms with van der Waals surface area (Å²) < 4.78 is 5.29. The Balaban J connectivity index is 2.48. The number of carbonyl (C=O) groups excluding carboxylic acids is 2. The van der Waals surface area contributed by atoms with Gasteiger partial charge >= 0.3 is 11.9 Å². The maximum atomic E-state index is 12.4. The van der Waals surface area contributed by atoms with Gasteiger partial charge in [-0.05, 0) is 37.7 Å². The Morgan fingerprint density at radius 2 is 1.61 bits per heavy atom. The molecule has 1 rings (SSSR count). The largest absolute Gasteiger partial charge is 0.481 e. The number of nitrogens with one attached hydrogen (secondary N) is 1. The van der Waals surface area contributed by atoms with Crippen molar-refractivity contribution in [1.82, 2.24) is 5.32 Å². The molecule has 0 saturated heterocycles. The van der Waals surface area contributed by atoms with Crippen molar-refractivity contribution < 1.29 is 29.3 Å². The Labute approximate surface area is 166 Å². The van der Waals surface area contributed by atoms with Gasteiger partial charge in [-0.25, -0.2) is 4.79 Å². The molecule has 0 aromatic heterocycles. The number of aliphatic hydroxyl groups is 1. The number of carbonyl (C=O) groups is 3. The zero-order chi connectivity index (χ0) is 20.6. The van der Waals surface area contributed by atoms with E-state index in [0.29, 0.717) is 44.9 Å². The first kappa shape index (κ1) is 23.6. The highest BCUT2D eigenvalue weighted by Crippen LogP contribution is 2.07. The van der Waals surface area contributed by atoms with E-state index < -0.39 is 18.0 Å². The molecule has 0 heterocycles. The molecule has 0 radical (unpaired) electrons. The second-order valence-electron chi connectivity index (χ2n) is 6.72. The van der Waals surface area contributed by atoms with Crippen molar-refractivity contribution in [2.75, 3.05) is 13.2 Å². The fourth-order valence-corrected chi connectivity index (χ4v) is 2.71. The average molecular weight is 393 g/mol. The minimum absolute atomic E-state index is 0.108. The summed E-state index contributed by atoms with van der Waals surface area (Å²) in [5, 5.41) is 20.2. The van der Waals surface area contributed by atoms with E-state index in [-0.39, 0.29) is 25.5 Å². The van der Waals surface area contributed by atoms with Crippen LogP contribution in [-0.4, -0.2) is 47.3 Å². The van der Waals surface area contributed by atoms with Crippen LogP contribution in [0, 0.1) is 0 Å². The van der Waals surface area contributed by atoms with Crippen molar-refractivity contribution in [1.29, 1.82) is 0 Å². The van der Waals surface area contributed by atoms with E-state index in [0.717, 1.165) is 12.0 Å². The van der Waals surface area contributed by atoms with Gasteiger partial charge in [-0.2, -0.15) is 0 Å². The third kappa shape index (κ3) is 11.3. The minimum atomic E-state index is -0.832. The van der Waals surface area contributed by atoms with Crippen molar-refractivity contribution in [3.05, 3.63) is 35.9 Å². The number of aliphatic hydroxyl groups excluding tert-OH is 1. The summed E-state index contributed by atoms with van der Waals surface area (Å²) in [6.45, 7) is 0.313. The van der Waals surface area contributed by atoms with E-state index in [1.54, 1.807) is 0 Å². The van der Waals surface area contributed by atoms with E-state index in [1.165, 1.54) is 0 Å². The Kier molecular flexibility index (Phi) is 12.3. The molecule has 0 saturated carbocycles. The van der Waals surface area contributed by atoms with Gasteiger partial charge in [0.25, 0.3) is 0 Å². The third-order valence-corrected chi connectivity index (χ3v) is 4.24. The number of amides is 1. The van der Waals surface area contributed by atoms with Crippen molar-refractivity contribution in [3.63, 3.8) is 0 Å². The number of carboxylic acids is 1. The van der Waals surface area contributed by atoms with Crippen LogP contribution in [0.2, 0.25) is 0 Å². The number of ether oxygens (including phenoxy) is 1. The molecule has 0 bridgehead atoms. The van der Waals surface area contributed by atoms with Gasteiger partial charge in [-0.15, -0.1) is 0 Å². The molecule has 0 aliphatic carbocycles. The molecule has 156 valence electrons.